The van der Waals surface area contributed by atoms with Crippen LogP contribution in [0.25, 0.3) is 0 Å². The van der Waals surface area contributed by atoms with Crippen molar-refractivity contribution in [2.75, 3.05) is 0 Å². The Labute approximate surface area is 108 Å². The van der Waals surface area contributed by atoms with Crippen LogP contribution in [0.5, 0.6) is 0 Å². The fourth-order valence-electron chi connectivity index (χ4n) is 1.28. The molecule has 0 aliphatic heterocycles. The van der Waals surface area contributed by atoms with E-state index in [0.29, 0.717) is 0 Å². The van der Waals surface area contributed by atoms with Crippen molar-refractivity contribution in [3.8, 4) is 0 Å². The van der Waals surface area contributed by atoms with E-state index >= 15 is 0 Å². The van der Waals surface area contributed by atoms with Crippen LogP contribution in [-0.2, 0) is 20.4 Å². The summed E-state index contributed by atoms with van der Waals surface area (Å²) in [6.07, 6.45) is 0. The van der Waals surface area contributed by atoms with Crippen molar-refractivity contribution < 1.29 is 18.3 Å². The Hall–Kier alpha value is -0.790. The summed E-state index contributed by atoms with van der Waals surface area (Å²) in [5, 5.41) is 12.2. The van der Waals surface area contributed by atoms with Crippen molar-refractivity contribution in [2.45, 2.75) is 31.2 Å². The number of halogens is 2. The summed E-state index contributed by atoms with van der Waals surface area (Å²) in [5.74, 6) is -1.42. The number of aromatic nitrogens is 2. The average Bonchev–Trinajstić information content (AvgIpc) is 2.42. The predicted octanol–water partition coefficient (Wildman–Crippen LogP) is 1.67. The van der Waals surface area contributed by atoms with Gasteiger partial charge in [-0.2, -0.15) is 5.10 Å². The van der Waals surface area contributed by atoms with Crippen LogP contribution in [0.3, 0.4) is 0 Å². The van der Waals surface area contributed by atoms with E-state index in [1.165, 1.54) is 0 Å². The second-order valence-electron chi connectivity index (χ2n) is 3.65. The van der Waals surface area contributed by atoms with Gasteiger partial charge in [0.15, 0.2) is 0 Å². The molecule has 6 nitrogen and oxygen atoms in total. The molecule has 0 amide bonds. The maximum absolute atomic E-state index is 11.4. The van der Waals surface area contributed by atoms with E-state index < -0.39 is 21.6 Å². The quantitative estimate of drug-likeness (QED) is 0.854. The molecule has 0 radical (unpaired) electrons. The van der Waals surface area contributed by atoms with Crippen LogP contribution in [0.1, 0.15) is 25.5 Å². The molecule has 1 heterocycles. The molecule has 0 saturated heterocycles. The van der Waals surface area contributed by atoms with Crippen molar-refractivity contribution in [2.24, 2.45) is 0 Å². The third-order valence-electron chi connectivity index (χ3n) is 1.95. The second-order valence-corrected chi connectivity index (χ2v) is 6.51. The Kier molecular flexibility index (Phi) is 4.06. The summed E-state index contributed by atoms with van der Waals surface area (Å²) < 4.78 is 23.6. The normalized spacial score (nSPS) is 12.1. The molecular formula is C8H10Cl2N2O4S. The van der Waals surface area contributed by atoms with Crippen molar-refractivity contribution in [1.82, 2.24) is 9.78 Å². The predicted molar refractivity (Wildman–Crippen MR) is 62.0 cm³/mol. The molecule has 0 aliphatic carbocycles. The molecule has 0 unspecified atom stereocenters. The van der Waals surface area contributed by atoms with E-state index in [-0.39, 0.29) is 21.7 Å². The molecule has 1 aromatic heterocycles. The summed E-state index contributed by atoms with van der Waals surface area (Å²) >= 11 is 5.78. The molecule has 0 saturated carbocycles. The van der Waals surface area contributed by atoms with Gasteiger partial charge in [-0.05, 0) is 5.92 Å². The van der Waals surface area contributed by atoms with Crippen LogP contribution in [0.15, 0.2) is 4.90 Å². The number of carboxylic acid groups (broad SMARTS) is 1. The number of rotatable bonds is 4. The first-order chi connectivity index (χ1) is 7.64. The minimum absolute atomic E-state index is 0.159. The highest BCUT2D eigenvalue weighted by Gasteiger charge is 2.28. The van der Waals surface area contributed by atoms with Crippen LogP contribution in [0.2, 0.25) is 5.15 Å². The lowest BCUT2D eigenvalue weighted by Crippen LogP contribution is -2.10. The van der Waals surface area contributed by atoms with Gasteiger partial charge in [-0.1, -0.05) is 25.4 Å². The first-order valence-corrected chi connectivity index (χ1v) is 7.26. The SMILES string of the molecule is CC(C)c1nn(CC(=O)O)c(Cl)c1S(=O)(=O)Cl. The zero-order valence-corrected chi connectivity index (χ0v) is 11.3. The number of hydrogen-bond acceptors (Lipinski definition) is 4. The van der Waals surface area contributed by atoms with Crippen LogP contribution >= 0.6 is 22.3 Å². The van der Waals surface area contributed by atoms with Gasteiger partial charge in [0, 0.05) is 10.7 Å². The van der Waals surface area contributed by atoms with E-state index in [1.807, 2.05) is 0 Å². The van der Waals surface area contributed by atoms with E-state index in [4.69, 9.17) is 27.4 Å². The second kappa shape index (κ2) is 4.83. The lowest BCUT2D eigenvalue weighted by molar-refractivity contribution is -0.137. The van der Waals surface area contributed by atoms with Crippen molar-refractivity contribution in [3.05, 3.63) is 10.8 Å². The Balaban J connectivity index is 3.47. The molecule has 96 valence electrons. The molecule has 17 heavy (non-hydrogen) atoms. The molecule has 0 fully saturated rings. The number of carbonyl (C=O) groups is 1. The highest BCUT2D eigenvalue weighted by molar-refractivity contribution is 8.13. The molecule has 0 atom stereocenters. The molecule has 1 N–H and O–H groups in total. The summed E-state index contributed by atoms with van der Waals surface area (Å²) in [7, 11) is 1.19. The van der Waals surface area contributed by atoms with Crippen molar-refractivity contribution in [3.63, 3.8) is 0 Å². The fourth-order valence-corrected chi connectivity index (χ4v) is 3.19. The lowest BCUT2D eigenvalue weighted by Gasteiger charge is -2.01. The first kappa shape index (κ1) is 14.3. The summed E-state index contributed by atoms with van der Waals surface area (Å²) in [5.41, 5.74) is 0.159. The Morgan fingerprint density at radius 3 is 2.35 bits per heavy atom. The number of nitrogens with zero attached hydrogens (tertiary/aromatic N) is 2. The van der Waals surface area contributed by atoms with E-state index in [1.54, 1.807) is 13.8 Å². The summed E-state index contributed by atoms with van der Waals surface area (Å²) in [6, 6.07) is 0. The average molecular weight is 301 g/mol. The molecule has 9 heteroatoms. The van der Waals surface area contributed by atoms with Gasteiger partial charge in [0.05, 0.1) is 5.69 Å². The van der Waals surface area contributed by atoms with Gasteiger partial charge in [0.2, 0.25) is 0 Å². The van der Waals surface area contributed by atoms with Gasteiger partial charge in [0.25, 0.3) is 9.05 Å². The molecule has 1 aromatic rings. The molecule has 0 spiro atoms. The van der Waals surface area contributed by atoms with Gasteiger partial charge < -0.3 is 5.11 Å². The maximum atomic E-state index is 11.4. The zero-order chi connectivity index (χ0) is 13.4. The third kappa shape index (κ3) is 3.11. The Morgan fingerprint density at radius 1 is 1.53 bits per heavy atom. The molecule has 1 rings (SSSR count). The molecule has 0 bridgehead atoms. The van der Waals surface area contributed by atoms with Crippen LogP contribution in [0.4, 0.5) is 0 Å². The highest BCUT2D eigenvalue weighted by atomic mass is 35.7. The topological polar surface area (TPSA) is 89.3 Å². The molecule has 0 aromatic carbocycles. The van der Waals surface area contributed by atoms with Crippen molar-refractivity contribution in [1.29, 1.82) is 0 Å². The van der Waals surface area contributed by atoms with Gasteiger partial charge in [-0.3, -0.25) is 4.79 Å². The van der Waals surface area contributed by atoms with Gasteiger partial charge in [-0.15, -0.1) is 0 Å². The fraction of sp³-hybridized carbons (Fsp3) is 0.500. The number of carboxylic acids is 1. The molecule has 0 aliphatic rings. The standard InChI is InChI=1S/C8H10Cl2N2O4S/c1-4(2)6-7(17(10,15)16)8(9)12(11-6)3-5(13)14/h4H,3H2,1-2H3,(H,13,14). The largest absolute Gasteiger partial charge is 0.480 e. The monoisotopic (exact) mass is 300 g/mol. The number of hydrogen-bond donors (Lipinski definition) is 1. The lowest BCUT2D eigenvalue weighted by atomic mass is 10.1. The van der Waals surface area contributed by atoms with Gasteiger partial charge >= 0.3 is 5.97 Å². The maximum Gasteiger partial charge on any atom is 0.325 e. The van der Waals surface area contributed by atoms with Crippen LogP contribution < -0.4 is 0 Å². The van der Waals surface area contributed by atoms with E-state index in [2.05, 4.69) is 5.10 Å². The van der Waals surface area contributed by atoms with E-state index in [0.717, 1.165) is 4.68 Å². The minimum Gasteiger partial charge on any atom is -0.480 e. The first-order valence-electron chi connectivity index (χ1n) is 4.57. The van der Waals surface area contributed by atoms with Crippen LogP contribution in [-0.4, -0.2) is 29.3 Å². The zero-order valence-electron chi connectivity index (χ0n) is 9.02. The van der Waals surface area contributed by atoms with Gasteiger partial charge in [-0.25, -0.2) is 13.1 Å². The number of aliphatic carboxylic acids is 1. The van der Waals surface area contributed by atoms with Crippen LogP contribution in [0, 0.1) is 0 Å². The minimum atomic E-state index is -4.06. The third-order valence-corrected chi connectivity index (χ3v) is 3.80. The Bertz CT molecular complexity index is 550. The summed E-state index contributed by atoms with van der Waals surface area (Å²) in [4.78, 5) is 10.2. The smallest absolute Gasteiger partial charge is 0.325 e. The Morgan fingerprint density at radius 2 is 2.06 bits per heavy atom. The highest BCUT2D eigenvalue weighted by Crippen LogP contribution is 2.32. The van der Waals surface area contributed by atoms with Crippen molar-refractivity contribution >= 4 is 37.3 Å². The molecular weight excluding hydrogens is 291 g/mol. The summed E-state index contributed by atoms with van der Waals surface area (Å²) in [6.45, 7) is 2.88. The van der Waals surface area contributed by atoms with E-state index in [9.17, 15) is 13.2 Å². The van der Waals surface area contributed by atoms with Gasteiger partial charge in [0.1, 0.15) is 16.6 Å².